The topological polar surface area (TPSA) is 149 Å². The maximum absolute atomic E-state index is 12.8. The van der Waals surface area contributed by atoms with Crippen molar-refractivity contribution >= 4 is 5.91 Å². The van der Waals surface area contributed by atoms with Crippen LogP contribution in [0.4, 0.5) is 0 Å². The van der Waals surface area contributed by atoms with Crippen LogP contribution in [0.15, 0.2) is 12.2 Å². The van der Waals surface area contributed by atoms with E-state index < -0.39 is 49.5 Å². The number of hydrogen-bond donors (Lipinski definition) is 6. The molecular weight excluding hydrogens is 586 g/mol. The van der Waals surface area contributed by atoms with E-state index in [1.165, 1.54) is 103 Å². The molecule has 0 bridgehead atoms. The molecule has 6 N–H and O–H groups in total. The van der Waals surface area contributed by atoms with Crippen molar-refractivity contribution in [3.63, 3.8) is 0 Å². The Bertz CT molecular complexity index is 736. The van der Waals surface area contributed by atoms with E-state index in [1.54, 1.807) is 6.08 Å². The Labute approximate surface area is 280 Å². The first-order valence-corrected chi connectivity index (χ1v) is 18.9. The lowest BCUT2D eigenvalue weighted by Gasteiger charge is -2.40. The molecule has 1 rings (SSSR count). The van der Waals surface area contributed by atoms with Crippen LogP contribution in [0.1, 0.15) is 162 Å². The first kappa shape index (κ1) is 43.0. The lowest BCUT2D eigenvalue weighted by Crippen LogP contribution is -2.60. The molecule has 272 valence electrons. The van der Waals surface area contributed by atoms with Crippen molar-refractivity contribution < 1.29 is 39.8 Å². The quantitative estimate of drug-likeness (QED) is 0.0394. The maximum Gasteiger partial charge on any atom is 0.220 e. The zero-order valence-electron chi connectivity index (χ0n) is 29.3. The van der Waals surface area contributed by atoms with Crippen LogP contribution in [0.2, 0.25) is 0 Å². The Morgan fingerprint density at radius 1 is 0.717 bits per heavy atom. The summed E-state index contributed by atoms with van der Waals surface area (Å²) in [6.07, 6.45) is 22.6. The number of unbranched alkanes of at least 4 members (excludes halogenated alkanes) is 20. The summed E-state index contributed by atoms with van der Waals surface area (Å²) < 4.78 is 11.1. The van der Waals surface area contributed by atoms with Crippen molar-refractivity contribution in [3.8, 4) is 0 Å². The van der Waals surface area contributed by atoms with Gasteiger partial charge in [-0.2, -0.15) is 0 Å². The molecule has 9 heteroatoms. The van der Waals surface area contributed by atoms with Crippen LogP contribution in [0.25, 0.3) is 0 Å². The Balaban J connectivity index is 2.43. The van der Waals surface area contributed by atoms with E-state index in [4.69, 9.17) is 9.47 Å². The van der Waals surface area contributed by atoms with Crippen molar-refractivity contribution in [2.75, 3.05) is 13.2 Å². The molecule has 1 saturated heterocycles. The number of carbonyl (C=O) groups excluding carboxylic acids is 1. The fourth-order valence-corrected chi connectivity index (χ4v) is 5.98. The molecule has 1 aliphatic heterocycles. The first-order chi connectivity index (χ1) is 22.3. The third-order valence-corrected chi connectivity index (χ3v) is 9.11. The minimum absolute atomic E-state index is 0.180. The number of rotatable bonds is 30. The summed E-state index contributed by atoms with van der Waals surface area (Å²) in [5, 5.41) is 53.7. The maximum atomic E-state index is 12.8. The number of amides is 1. The largest absolute Gasteiger partial charge is 0.394 e. The minimum atomic E-state index is -1.56. The van der Waals surface area contributed by atoms with Gasteiger partial charge in [0, 0.05) is 6.42 Å². The van der Waals surface area contributed by atoms with Crippen molar-refractivity contribution in [2.24, 2.45) is 0 Å². The van der Waals surface area contributed by atoms with Crippen LogP contribution in [0, 0.1) is 0 Å². The van der Waals surface area contributed by atoms with Gasteiger partial charge in [0.2, 0.25) is 5.91 Å². The second-order valence-corrected chi connectivity index (χ2v) is 13.4. The number of carbonyl (C=O) groups is 1. The summed E-state index contributed by atoms with van der Waals surface area (Å²) in [5.41, 5.74) is 0. The number of hydrogen-bond acceptors (Lipinski definition) is 8. The standard InChI is InChI=1S/C37H71NO8/c1-3-5-7-9-11-13-14-15-16-17-19-21-23-25-27-33(41)38-30(31(40)26-24-22-20-18-12-10-8-6-4-2)29-45-37-36(44)35(43)34(42)32(28-39)46-37/h24,26,30-32,34-37,39-40,42-44H,3-23,25,27-29H2,1-2H3,(H,38,41)/b26-24+. The number of aliphatic hydroxyl groups is 5. The average Bonchev–Trinajstić information content (AvgIpc) is 3.05. The van der Waals surface area contributed by atoms with Crippen LogP contribution in [-0.2, 0) is 14.3 Å². The van der Waals surface area contributed by atoms with E-state index in [1.807, 2.05) is 6.08 Å². The van der Waals surface area contributed by atoms with E-state index in [2.05, 4.69) is 19.2 Å². The van der Waals surface area contributed by atoms with Gasteiger partial charge in [0.05, 0.1) is 25.4 Å². The van der Waals surface area contributed by atoms with E-state index >= 15 is 0 Å². The van der Waals surface area contributed by atoms with E-state index in [0.29, 0.717) is 6.42 Å². The molecule has 1 aliphatic rings. The molecule has 9 nitrogen and oxygen atoms in total. The van der Waals surface area contributed by atoms with Gasteiger partial charge in [-0.3, -0.25) is 4.79 Å². The Kier molecular flexibility index (Phi) is 27.0. The van der Waals surface area contributed by atoms with Crippen LogP contribution < -0.4 is 5.32 Å². The van der Waals surface area contributed by atoms with E-state index in [9.17, 15) is 30.3 Å². The fourth-order valence-electron chi connectivity index (χ4n) is 5.98. The monoisotopic (exact) mass is 658 g/mol. The Morgan fingerprint density at radius 3 is 1.70 bits per heavy atom. The van der Waals surface area contributed by atoms with Gasteiger partial charge in [-0.05, 0) is 19.3 Å². The molecule has 1 fully saturated rings. The molecule has 7 unspecified atom stereocenters. The number of allylic oxidation sites excluding steroid dienone is 1. The smallest absolute Gasteiger partial charge is 0.220 e. The lowest BCUT2D eigenvalue weighted by molar-refractivity contribution is -0.302. The van der Waals surface area contributed by atoms with Gasteiger partial charge in [0.25, 0.3) is 0 Å². The van der Waals surface area contributed by atoms with E-state index in [-0.39, 0.29) is 12.5 Å². The zero-order chi connectivity index (χ0) is 33.8. The third kappa shape index (κ3) is 20.3. The molecule has 0 spiro atoms. The van der Waals surface area contributed by atoms with Gasteiger partial charge in [-0.1, -0.05) is 148 Å². The SMILES string of the molecule is CCCCCCCCC/C=C/C(O)C(COC1OC(CO)C(O)C(O)C1O)NC(=O)CCCCCCCCCCCCCCCC. The van der Waals surface area contributed by atoms with Crippen LogP contribution in [-0.4, -0.2) is 87.5 Å². The molecule has 0 saturated carbocycles. The van der Waals surface area contributed by atoms with Crippen LogP contribution in [0.5, 0.6) is 0 Å². The number of ether oxygens (including phenoxy) is 2. The van der Waals surface area contributed by atoms with Crippen molar-refractivity contribution in [3.05, 3.63) is 12.2 Å². The van der Waals surface area contributed by atoms with Crippen molar-refractivity contribution in [1.82, 2.24) is 5.32 Å². The molecule has 0 aromatic carbocycles. The summed E-state index contributed by atoms with van der Waals surface area (Å²) >= 11 is 0. The third-order valence-electron chi connectivity index (χ3n) is 9.11. The van der Waals surface area contributed by atoms with Gasteiger partial charge >= 0.3 is 0 Å². The van der Waals surface area contributed by atoms with E-state index in [0.717, 1.165) is 38.5 Å². The lowest BCUT2D eigenvalue weighted by atomic mass is 9.99. The second-order valence-electron chi connectivity index (χ2n) is 13.4. The molecule has 1 heterocycles. The summed E-state index contributed by atoms with van der Waals surface area (Å²) in [5.74, 6) is -0.180. The summed E-state index contributed by atoms with van der Waals surface area (Å²) in [4.78, 5) is 12.8. The first-order valence-electron chi connectivity index (χ1n) is 18.9. The molecule has 0 aromatic heterocycles. The highest BCUT2D eigenvalue weighted by molar-refractivity contribution is 5.76. The predicted octanol–water partition coefficient (Wildman–Crippen LogP) is 6.22. The molecule has 0 radical (unpaired) electrons. The average molecular weight is 658 g/mol. The van der Waals surface area contributed by atoms with Crippen LogP contribution >= 0.6 is 0 Å². The van der Waals surface area contributed by atoms with Crippen molar-refractivity contribution in [2.45, 2.75) is 204 Å². The van der Waals surface area contributed by atoms with Gasteiger partial charge < -0.3 is 40.3 Å². The Morgan fingerprint density at radius 2 is 1.20 bits per heavy atom. The molecule has 0 aromatic rings. The summed E-state index contributed by atoms with van der Waals surface area (Å²) in [6.45, 7) is 3.72. The summed E-state index contributed by atoms with van der Waals surface area (Å²) in [7, 11) is 0. The molecule has 0 aliphatic carbocycles. The van der Waals surface area contributed by atoms with Gasteiger partial charge in [-0.15, -0.1) is 0 Å². The van der Waals surface area contributed by atoms with Gasteiger partial charge in [-0.25, -0.2) is 0 Å². The predicted molar refractivity (Wildman–Crippen MR) is 184 cm³/mol. The van der Waals surface area contributed by atoms with Crippen molar-refractivity contribution in [1.29, 1.82) is 0 Å². The highest BCUT2D eigenvalue weighted by Gasteiger charge is 2.44. The van der Waals surface area contributed by atoms with Gasteiger partial charge in [0.15, 0.2) is 6.29 Å². The highest BCUT2D eigenvalue weighted by atomic mass is 16.7. The zero-order valence-corrected chi connectivity index (χ0v) is 29.3. The minimum Gasteiger partial charge on any atom is -0.394 e. The summed E-state index contributed by atoms with van der Waals surface area (Å²) in [6, 6.07) is -0.795. The number of nitrogens with one attached hydrogen (secondary N) is 1. The van der Waals surface area contributed by atoms with Crippen LogP contribution in [0.3, 0.4) is 0 Å². The van der Waals surface area contributed by atoms with Gasteiger partial charge in [0.1, 0.15) is 24.4 Å². The highest BCUT2D eigenvalue weighted by Crippen LogP contribution is 2.22. The molecule has 46 heavy (non-hydrogen) atoms. The fraction of sp³-hybridized carbons (Fsp3) is 0.919. The Hall–Kier alpha value is -1.07. The normalized spacial score (nSPS) is 23.2. The molecular formula is C37H71NO8. The molecule has 7 atom stereocenters. The second kappa shape index (κ2) is 28.9. The molecule has 1 amide bonds. The number of aliphatic hydroxyl groups excluding tert-OH is 5.